The smallest absolute Gasteiger partial charge is 0.196 e. The van der Waals surface area contributed by atoms with Gasteiger partial charge in [0.2, 0.25) is 0 Å². The number of likely N-dealkylation sites (tertiary alicyclic amines) is 1. The van der Waals surface area contributed by atoms with Crippen LogP contribution in [0.3, 0.4) is 0 Å². The van der Waals surface area contributed by atoms with Crippen LogP contribution in [0.5, 0.6) is 0 Å². The van der Waals surface area contributed by atoms with Crippen molar-refractivity contribution >= 4 is 11.1 Å². The molecule has 1 atom stereocenters. The van der Waals surface area contributed by atoms with Crippen molar-refractivity contribution < 1.29 is 4.42 Å². The number of rotatable bonds is 4. The lowest BCUT2D eigenvalue weighted by atomic mass is 10.1. The summed E-state index contributed by atoms with van der Waals surface area (Å²) in [6, 6.07) is 10.6. The Morgan fingerprint density at radius 3 is 3.00 bits per heavy atom. The van der Waals surface area contributed by atoms with Crippen LogP contribution >= 0.6 is 0 Å². The highest BCUT2D eigenvalue weighted by Crippen LogP contribution is 2.25. The molecule has 4 rings (SSSR count). The van der Waals surface area contributed by atoms with Crippen molar-refractivity contribution in [2.24, 2.45) is 0 Å². The predicted octanol–water partition coefficient (Wildman–Crippen LogP) is 3.79. The average Bonchev–Trinajstić information content (AvgIpc) is 3.24. The molecule has 0 amide bonds. The second kappa shape index (κ2) is 6.66. The molecule has 25 heavy (non-hydrogen) atoms. The molecule has 1 aromatic carbocycles. The Bertz CT molecular complexity index is 940. The Balaban J connectivity index is 1.55. The maximum atomic E-state index is 9.03. The van der Waals surface area contributed by atoms with E-state index in [4.69, 9.17) is 9.68 Å². The predicted molar refractivity (Wildman–Crippen MR) is 95.9 cm³/mol. The minimum atomic E-state index is 0.554. The SMILES string of the molecule is C[C@@H]1CCCN1CCc1nc2cc(-c3cncc(C#N)c3)ccc2o1. The van der Waals surface area contributed by atoms with Gasteiger partial charge < -0.3 is 9.32 Å². The first-order chi connectivity index (χ1) is 12.2. The molecule has 0 N–H and O–H groups in total. The summed E-state index contributed by atoms with van der Waals surface area (Å²) < 4.78 is 5.89. The van der Waals surface area contributed by atoms with Gasteiger partial charge in [0.25, 0.3) is 0 Å². The second-order valence-electron chi connectivity index (χ2n) is 6.64. The number of benzene rings is 1. The number of hydrogen-bond acceptors (Lipinski definition) is 5. The zero-order chi connectivity index (χ0) is 17.2. The highest BCUT2D eigenvalue weighted by atomic mass is 16.3. The molecular weight excluding hydrogens is 312 g/mol. The van der Waals surface area contributed by atoms with Gasteiger partial charge >= 0.3 is 0 Å². The van der Waals surface area contributed by atoms with Crippen LogP contribution in [-0.4, -0.2) is 34.0 Å². The molecule has 0 bridgehead atoms. The molecule has 3 aromatic rings. The van der Waals surface area contributed by atoms with E-state index in [1.807, 2.05) is 24.3 Å². The number of nitrogens with zero attached hydrogens (tertiary/aromatic N) is 4. The zero-order valence-corrected chi connectivity index (χ0v) is 14.3. The molecule has 0 radical (unpaired) electrons. The van der Waals surface area contributed by atoms with Crippen LogP contribution < -0.4 is 0 Å². The quantitative estimate of drug-likeness (QED) is 0.727. The van der Waals surface area contributed by atoms with E-state index in [9.17, 15) is 0 Å². The molecule has 5 nitrogen and oxygen atoms in total. The van der Waals surface area contributed by atoms with Crippen molar-refractivity contribution in [1.82, 2.24) is 14.9 Å². The van der Waals surface area contributed by atoms with Gasteiger partial charge in [0.05, 0.1) is 5.56 Å². The summed E-state index contributed by atoms with van der Waals surface area (Å²) in [5.41, 5.74) is 4.11. The molecular formula is C20H20N4O. The Kier molecular flexibility index (Phi) is 4.21. The van der Waals surface area contributed by atoms with Gasteiger partial charge in [0.1, 0.15) is 11.6 Å². The summed E-state index contributed by atoms with van der Waals surface area (Å²) >= 11 is 0. The Labute approximate surface area is 146 Å². The third-order valence-corrected chi connectivity index (χ3v) is 4.94. The van der Waals surface area contributed by atoms with Crippen LogP contribution in [0.1, 0.15) is 31.2 Å². The van der Waals surface area contributed by atoms with Crippen molar-refractivity contribution in [2.75, 3.05) is 13.1 Å². The highest BCUT2D eigenvalue weighted by Gasteiger charge is 2.20. The number of nitriles is 1. The molecule has 3 heterocycles. The van der Waals surface area contributed by atoms with Gasteiger partial charge in [-0.05, 0) is 50.1 Å². The number of aromatic nitrogens is 2. The van der Waals surface area contributed by atoms with Gasteiger partial charge in [-0.1, -0.05) is 6.07 Å². The van der Waals surface area contributed by atoms with Crippen LogP contribution in [0.25, 0.3) is 22.2 Å². The molecule has 0 unspecified atom stereocenters. The van der Waals surface area contributed by atoms with Crippen LogP contribution in [-0.2, 0) is 6.42 Å². The lowest BCUT2D eigenvalue weighted by Crippen LogP contribution is -2.29. The van der Waals surface area contributed by atoms with Crippen molar-refractivity contribution in [3.63, 3.8) is 0 Å². The largest absolute Gasteiger partial charge is 0.441 e. The number of hydrogen-bond donors (Lipinski definition) is 0. The molecule has 1 aliphatic rings. The highest BCUT2D eigenvalue weighted by molar-refractivity contribution is 5.80. The Morgan fingerprint density at radius 1 is 1.28 bits per heavy atom. The molecule has 2 aromatic heterocycles. The summed E-state index contributed by atoms with van der Waals surface area (Å²) in [5, 5.41) is 9.03. The fourth-order valence-electron chi connectivity index (χ4n) is 3.48. The lowest BCUT2D eigenvalue weighted by Gasteiger charge is -2.19. The van der Waals surface area contributed by atoms with Crippen LogP contribution in [0.4, 0.5) is 0 Å². The van der Waals surface area contributed by atoms with Crippen molar-refractivity contribution in [1.29, 1.82) is 5.26 Å². The number of fused-ring (bicyclic) bond motifs is 1. The summed E-state index contributed by atoms with van der Waals surface area (Å²) in [4.78, 5) is 11.3. The first kappa shape index (κ1) is 15.8. The average molecular weight is 332 g/mol. The maximum Gasteiger partial charge on any atom is 0.196 e. The van der Waals surface area contributed by atoms with Crippen molar-refractivity contribution in [2.45, 2.75) is 32.2 Å². The molecule has 1 saturated heterocycles. The van der Waals surface area contributed by atoms with Gasteiger partial charge in [0, 0.05) is 37.0 Å². The van der Waals surface area contributed by atoms with E-state index in [2.05, 4.69) is 27.9 Å². The Morgan fingerprint density at radius 2 is 2.20 bits per heavy atom. The first-order valence-electron chi connectivity index (χ1n) is 8.72. The first-order valence-corrected chi connectivity index (χ1v) is 8.72. The van der Waals surface area contributed by atoms with E-state index < -0.39 is 0 Å². The van der Waals surface area contributed by atoms with Crippen LogP contribution in [0.2, 0.25) is 0 Å². The van der Waals surface area contributed by atoms with Crippen LogP contribution in [0.15, 0.2) is 41.1 Å². The topological polar surface area (TPSA) is 66.0 Å². The van der Waals surface area contributed by atoms with Gasteiger partial charge in [0.15, 0.2) is 11.5 Å². The summed E-state index contributed by atoms with van der Waals surface area (Å²) in [5.74, 6) is 0.787. The molecule has 1 aliphatic heterocycles. The van der Waals surface area contributed by atoms with E-state index >= 15 is 0 Å². The molecule has 1 fully saturated rings. The lowest BCUT2D eigenvalue weighted by molar-refractivity contribution is 0.265. The fraction of sp³-hybridized carbons (Fsp3) is 0.350. The van der Waals surface area contributed by atoms with Crippen LogP contribution in [0, 0.1) is 11.3 Å². The third-order valence-electron chi connectivity index (χ3n) is 4.94. The normalized spacial score (nSPS) is 17.8. The van der Waals surface area contributed by atoms with E-state index in [0.717, 1.165) is 41.1 Å². The summed E-state index contributed by atoms with van der Waals surface area (Å²) in [7, 11) is 0. The van der Waals surface area contributed by atoms with Gasteiger partial charge in [-0.25, -0.2) is 4.98 Å². The monoisotopic (exact) mass is 332 g/mol. The van der Waals surface area contributed by atoms with E-state index in [0.29, 0.717) is 11.6 Å². The summed E-state index contributed by atoms with van der Waals surface area (Å²) in [6.07, 6.45) is 6.73. The van der Waals surface area contributed by atoms with E-state index in [-0.39, 0.29) is 0 Å². The molecule has 0 saturated carbocycles. The van der Waals surface area contributed by atoms with Gasteiger partial charge in [-0.2, -0.15) is 5.26 Å². The van der Waals surface area contributed by atoms with Gasteiger partial charge in [-0.3, -0.25) is 4.98 Å². The summed E-state index contributed by atoms with van der Waals surface area (Å²) in [6.45, 7) is 4.46. The standard InChI is InChI=1S/C20H20N4O/c1-14-3-2-7-24(14)8-6-20-23-18-10-16(4-5-19(18)25-20)17-9-15(11-21)12-22-13-17/h4-5,9-10,12-14H,2-3,6-8H2,1H3/t14-/m1/s1. The minimum absolute atomic E-state index is 0.554. The number of pyridine rings is 1. The number of oxazole rings is 1. The fourth-order valence-corrected chi connectivity index (χ4v) is 3.48. The second-order valence-corrected chi connectivity index (χ2v) is 6.64. The molecule has 0 spiro atoms. The van der Waals surface area contributed by atoms with Gasteiger partial charge in [-0.15, -0.1) is 0 Å². The van der Waals surface area contributed by atoms with E-state index in [1.54, 1.807) is 12.4 Å². The molecule has 5 heteroatoms. The van der Waals surface area contributed by atoms with Crippen molar-refractivity contribution in [3.8, 4) is 17.2 Å². The molecule has 0 aliphatic carbocycles. The minimum Gasteiger partial charge on any atom is -0.441 e. The Hall–Kier alpha value is -2.71. The zero-order valence-electron chi connectivity index (χ0n) is 14.3. The maximum absolute atomic E-state index is 9.03. The van der Waals surface area contributed by atoms with E-state index in [1.165, 1.54) is 19.4 Å². The molecule has 126 valence electrons. The third kappa shape index (κ3) is 3.26. The van der Waals surface area contributed by atoms with Crippen molar-refractivity contribution in [3.05, 3.63) is 48.1 Å².